The van der Waals surface area contributed by atoms with Crippen LogP contribution in [-0.4, -0.2) is 55.7 Å². The number of ether oxygens (including phenoxy) is 2. The van der Waals surface area contributed by atoms with Crippen LogP contribution in [0.15, 0.2) is 48.7 Å². The summed E-state index contributed by atoms with van der Waals surface area (Å²) in [7, 11) is 3.31. The number of benzene rings is 2. The van der Waals surface area contributed by atoms with Crippen molar-refractivity contribution in [3.63, 3.8) is 0 Å². The van der Waals surface area contributed by atoms with Gasteiger partial charge in [0.1, 0.15) is 0 Å². The number of hydrogen-bond donors (Lipinski definition) is 1. The highest BCUT2D eigenvalue weighted by Crippen LogP contribution is 2.30. The third kappa shape index (κ3) is 5.81. The Morgan fingerprint density at radius 1 is 1.15 bits per heavy atom. The number of amides is 1. The quantitative estimate of drug-likeness (QED) is 0.492. The molecule has 1 aliphatic heterocycles. The standard InChI is InChI=1S/C25H29ClN4O3S/c1-17-15-29(16-18-4-9-22(32-2)23(12-18)33-3)10-11-30(17)25-28-14-21(34-25)13-27-24(31)19-5-7-20(26)8-6-19/h4-9,12,14,17H,10-11,13,15-16H2,1-3H3,(H,27,31). The number of rotatable bonds is 8. The van der Waals surface area contributed by atoms with E-state index in [2.05, 4.69) is 33.1 Å². The highest BCUT2D eigenvalue weighted by atomic mass is 35.5. The molecule has 2 heterocycles. The first-order chi connectivity index (χ1) is 16.5. The summed E-state index contributed by atoms with van der Waals surface area (Å²) in [6, 6.07) is 13.3. The van der Waals surface area contributed by atoms with Gasteiger partial charge in [-0.05, 0) is 48.9 Å². The highest BCUT2D eigenvalue weighted by molar-refractivity contribution is 7.15. The number of carbonyl (C=O) groups is 1. The summed E-state index contributed by atoms with van der Waals surface area (Å²) in [5.41, 5.74) is 1.79. The van der Waals surface area contributed by atoms with Crippen molar-refractivity contribution in [3.05, 3.63) is 69.7 Å². The molecule has 34 heavy (non-hydrogen) atoms. The Hall–Kier alpha value is -2.81. The normalized spacial score (nSPS) is 16.4. The lowest BCUT2D eigenvalue weighted by Crippen LogP contribution is -2.51. The Morgan fingerprint density at radius 2 is 1.91 bits per heavy atom. The molecule has 1 fully saturated rings. The topological polar surface area (TPSA) is 66.9 Å². The van der Waals surface area contributed by atoms with Gasteiger partial charge in [0.05, 0.1) is 20.8 Å². The van der Waals surface area contributed by atoms with Gasteiger partial charge in [0.2, 0.25) is 0 Å². The van der Waals surface area contributed by atoms with E-state index in [4.69, 9.17) is 21.1 Å². The second-order valence-corrected chi connectivity index (χ2v) is 9.80. The number of methoxy groups -OCH3 is 2. The average Bonchev–Trinajstić information content (AvgIpc) is 3.31. The first-order valence-corrected chi connectivity index (χ1v) is 12.3. The van der Waals surface area contributed by atoms with E-state index < -0.39 is 0 Å². The summed E-state index contributed by atoms with van der Waals surface area (Å²) in [6.45, 7) is 6.32. The van der Waals surface area contributed by atoms with Crippen molar-refractivity contribution in [2.45, 2.75) is 26.1 Å². The van der Waals surface area contributed by atoms with Crippen molar-refractivity contribution in [2.24, 2.45) is 0 Å². The number of piperazine rings is 1. The number of carbonyl (C=O) groups excluding carboxylic acids is 1. The minimum atomic E-state index is -0.122. The molecule has 1 N–H and O–H groups in total. The van der Waals surface area contributed by atoms with Crippen LogP contribution in [0.2, 0.25) is 5.02 Å². The van der Waals surface area contributed by atoms with Crippen molar-refractivity contribution in [1.29, 1.82) is 0 Å². The number of nitrogens with zero attached hydrogens (tertiary/aromatic N) is 3. The maximum Gasteiger partial charge on any atom is 0.251 e. The molecule has 0 bridgehead atoms. The van der Waals surface area contributed by atoms with Crippen LogP contribution in [0.5, 0.6) is 11.5 Å². The molecule has 0 saturated carbocycles. The molecule has 1 atom stereocenters. The molecule has 1 aliphatic rings. The fourth-order valence-corrected chi connectivity index (χ4v) is 5.18. The fourth-order valence-electron chi connectivity index (χ4n) is 4.08. The molecule has 0 spiro atoms. The van der Waals surface area contributed by atoms with Crippen molar-refractivity contribution in [3.8, 4) is 11.5 Å². The summed E-state index contributed by atoms with van der Waals surface area (Å²) < 4.78 is 10.8. The molecule has 0 radical (unpaired) electrons. The summed E-state index contributed by atoms with van der Waals surface area (Å²) in [4.78, 5) is 22.8. The van der Waals surface area contributed by atoms with Gasteiger partial charge < -0.3 is 19.7 Å². The van der Waals surface area contributed by atoms with Crippen LogP contribution in [0.25, 0.3) is 0 Å². The third-order valence-corrected chi connectivity index (χ3v) is 7.17. The summed E-state index contributed by atoms with van der Waals surface area (Å²) in [5, 5.41) is 4.56. The van der Waals surface area contributed by atoms with Crippen LogP contribution in [-0.2, 0) is 13.1 Å². The van der Waals surface area contributed by atoms with Gasteiger partial charge in [0, 0.05) is 53.9 Å². The van der Waals surface area contributed by atoms with Crippen LogP contribution in [0.4, 0.5) is 5.13 Å². The smallest absolute Gasteiger partial charge is 0.251 e. The van der Waals surface area contributed by atoms with Crippen molar-refractivity contribution in [1.82, 2.24) is 15.2 Å². The zero-order chi connectivity index (χ0) is 24.1. The molecule has 1 amide bonds. The lowest BCUT2D eigenvalue weighted by atomic mass is 10.1. The van der Waals surface area contributed by atoms with Crippen LogP contribution < -0.4 is 19.7 Å². The SMILES string of the molecule is COc1ccc(CN2CCN(c3ncc(CNC(=O)c4ccc(Cl)cc4)s3)C(C)C2)cc1OC. The summed E-state index contributed by atoms with van der Waals surface area (Å²) >= 11 is 7.52. The van der Waals surface area contributed by atoms with Crippen LogP contribution in [0, 0.1) is 0 Å². The molecule has 0 aliphatic carbocycles. The van der Waals surface area contributed by atoms with Crippen molar-refractivity contribution >= 4 is 34.0 Å². The van der Waals surface area contributed by atoms with Gasteiger partial charge in [-0.15, -0.1) is 11.3 Å². The predicted octanol–water partition coefficient (Wildman–Crippen LogP) is 4.45. The highest BCUT2D eigenvalue weighted by Gasteiger charge is 2.26. The van der Waals surface area contributed by atoms with E-state index in [0.717, 1.165) is 47.7 Å². The first-order valence-electron chi connectivity index (χ1n) is 11.1. The molecule has 9 heteroatoms. The molecule has 1 aromatic heterocycles. The van der Waals surface area contributed by atoms with Crippen LogP contribution in [0.3, 0.4) is 0 Å². The maximum absolute atomic E-state index is 12.4. The van der Waals surface area contributed by atoms with Gasteiger partial charge in [-0.3, -0.25) is 9.69 Å². The van der Waals surface area contributed by atoms with Crippen LogP contribution in [0.1, 0.15) is 27.7 Å². The summed E-state index contributed by atoms with van der Waals surface area (Å²) in [6.07, 6.45) is 1.85. The molecular weight excluding hydrogens is 472 g/mol. The molecule has 2 aromatic carbocycles. The zero-order valence-corrected chi connectivity index (χ0v) is 21.2. The van der Waals surface area contributed by atoms with E-state index in [1.165, 1.54) is 5.56 Å². The molecule has 1 unspecified atom stereocenters. The van der Waals surface area contributed by atoms with E-state index in [1.54, 1.807) is 49.8 Å². The molecule has 1 saturated heterocycles. The second-order valence-electron chi connectivity index (χ2n) is 8.27. The van der Waals surface area contributed by atoms with Crippen LogP contribution >= 0.6 is 22.9 Å². The fraction of sp³-hybridized carbons (Fsp3) is 0.360. The number of aromatic nitrogens is 1. The second kappa shape index (κ2) is 11.1. The largest absolute Gasteiger partial charge is 0.493 e. The van der Waals surface area contributed by atoms with E-state index >= 15 is 0 Å². The number of halogens is 1. The number of thiazole rings is 1. The lowest BCUT2D eigenvalue weighted by molar-refractivity contribution is 0.0951. The maximum atomic E-state index is 12.4. The van der Waals surface area contributed by atoms with Gasteiger partial charge in [0.15, 0.2) is 16.6 Å². The molecule has 3 aromatic rings. The predicted molar refractivity (Wildman–Crippen MR) is 136 cm³/mol. The minimum absolute atomic E-state index is 0.122. The van der Waals surface area contributed by atoms with Crippen molar-refractivity contribution in [2.75, 3.05) is 38.8 Å². The lowest BCUT2D eigenvalue weighted by Gasteiger charge is -2.39. The van der Waals surface area contributed by atoms with Gasteiger partial charge in [0.25, 0.3) is 5.91 Å². The molecule has 4 rings (SSSR count). The first kappa shape index (κ1) is 24.3. The Kier molecular flexibility index (Phi) is 7.92. The molecule has 180 valence electrons. The Bertz CT molecular complexity index is 1120. The molecular formula is C25H29ClN4O3S. The number of hydrogen-bond acceptors (Lipinski definition) is 7. The van der Waals surface area contributed by atoms with Gasteiger partial charge in [-0.2, -0.15) is 0 Å². The Labute approximate surface area is 209 Å². The number of nitrogens with one attached hydrogen (secondary N) is 1. The number of anilines is 1. The summed E-state index contributed by atoms with van der Waals surface area (Å²) in [5.74, 6) is 1.38. The van der Waals surface area contributed by atoms with Gasteiger partial charge in [-0.25, -0.2) is 4.98 Å². The Balaban J connectivity index is 1.31. The van der Waals surface area contributed by atoms with Gasteiger partial charge in [-0.1, -0.05) is 17.7 Å². The minimum Gasteiger partial charge on any atom is -0.493 e. The monoisotopic (exact) mass is 500 g/mol. The third-order valence-electron chi connectivity index (χ3n) is 5.88. The van der Waals surface area contributed by atoms with E-state index in [9.17, 15) is 4.79 Å². The van der Waals surface area contributed by atoms with Crippen molar-refractivity contribution < 1.29 is 14.3 Å². The zero-order valence-electron chi connectivity index (χ0n) is 19.6. The van der Waals surface area contributed by atoms with Gasteiger partial charge >= 0.3 is 0 Å². The van der Waals surface area contributed by atoms with E-state index in [1.807, 2.05) is 18.3 Å². The Morgan fingerprint density at radius 3 is 2.62 bits per heavy atom. The average molecular weight is 501 g/mol. The molecule has 7 nitrogen and oxygen atoms in total. The van der Waals surface area contributed by atoms with E-state index in [-0.39, 0.29) is 5.91 Å². The van der Waals surface area contributed by atoms with E-state index in [0.29, 0.717) is 23.2 Å².